The molecule has 0 amide bonds. The Bertz CT molecular complexity index is 308. The molecular formula is C11H17NOS. The maximum absolute atomic E-state index is 9.38. The topological polar surface area (TPSA) is 23.5 Å². The van der Waals surface area contributed by atoms with E-state index in [9.17, 15) is 5.11 Å². The Hall–Kier alpha value is -0.380. The summed E-state index contributed by atoms with van der Waals surface area (Å²) in [5, 5.41) is 11.6. The van der Waals surface area contributed by atoms with Crippen LogP contribution in [0.25, 0.3) is 0 Å². The molecule has 0 fully saturated rings. The summed E-state index contributed by atoms with van der Waals surface area (Å²) >= 11 is 1.86. The minimum Gasteiger partial charge on any atom is -0.392 e. The van der Waals surface area contributed by atoms with Gasteiger partial charge in [-0.15, -0.1) is 11.3 Å². The van der Waals surface area contributed by atoms with Crippen molar-refractivity contribution < 1.29 is 5.11 Å². The summed E-state index contributed by atoms with van der Waals surface area (Å²) in [5.74, 6) is 0. The molecule has 2 atom stereocenters. The Labute approximate surface area is 89.2 Å². The molecule has 2 nitrogen and oxygen atoms in total. The number of rotatable bonds is 2. The van der Waals surface area contributed by atoms with Gasteiger partial charge in [0.2, 0.25) is 0 Å². The predicted octanol–water partition coefficient (Wildman–Crippen LogP) is 2.05. The first-order chi connectivity index (χ1) is 6.68. The Morgan fingerprint density at radius 3 is 3.21 bits per heavy atom. The molecule has 0 aliphatic carbocycles. The van der Waals surface area contributed by atoms with Crippen LogP contribution in [0.3, 0.4) is 0 Å². The maximum Gasteiger partial charge on any atom is 0.0639 e. The van der Waals surface area contributed by atoms with Gasteiger partial charge in [-0.2, -0.15) is 0 Å². The predicted molar refractivity (Wildman–Crippen MR) is 59.7 cm³/mol. The van der Waals surface area contributed by atoms with Gasteiger partial charge in [0.1, 0.15) is 0 Å². The molecule has 1 unspecified atom stereocenters. The quantitative estimate of drug-likeness (QED) is 0.809. The number of aliphatic hydroxyl groups excluding tert-OH is 1. The van der Waals surface area contributed by atoms with Crippen molar-refractivity contribution in [2.45, 2.75) is 32.4 Å². The first-order valence-electron chi connectivity index (χ1n) is 5.17. The zero-order valence-electron chi connectivity index (χ0n) is 8.73. The number of nitrogens with zero attached hydrogens (tertiary/aromatic N) is 1. The van der Waals surface area contributed by atoms with E-state index < -0.39 is 0 Å². The molecule has 0 aromatic carbocycles. The highest BCUT2D eigenvalue weighted by Crippen LogP contribution is 2.32. The largest absolute Gasteiger partial charge is 0.392 e. The van der Waals surface area contributed by atoms with Crippen LogP contribution in [0.4, 0.5) is 0 Å². The molecule has 14 heavy (non-hydrogen) atoms. The molecule has 3 heteroatoms. The first-order valence-corrected chi connectivity index (χ1v) is 6.05. The van der Waals surface area contributed by atoms with Crippen molar-refractivity contribution in [1.82, 2.24) is 4.90 Å². The molecule has 0 bridgehead atoms. The fourth-order valence-electron chi connectivity index (χ4n) is 2.15. The van der Waals surface area contributed by atoms with Crippen LogP contribution in [-0.2, 0) is 6.42 Å². The SMILES string of the molecule is CC1c2ccsc2CCN1C[C@@H](C)O. The monoisotopic (exact) mass is 211 g/mol. The number of hydrogen-bond donors (Lipinski definition) is 1. The molecule has 1 aromatic heterocycles. The molecule has 1 aliphatic heterocycles. The Kier molecular flexibility index (Phi) is 2.91. The number of hydrogen-bond acceptors (Lipinski definition) is 3. The van der Waals surface area contributed by atoms with Gasteiger partial charge in [-0.3, -0.25) is 4.90 Å². The van der Waals surface area contributed by atoms with Gasteiger partial charge in [-0.1, -0.05) is 0 Å². The van der Waals surface area contributed by atoms with Crippen LogP contribution in [0.5, 0.6) is 0 Å². The first kappa shape index (κ1) is 10.1. The third-order valence-corrected chi connectivity index (χ3v) is 3.90. The van der Waals surface area contributed by atoms with E-state index in [1.54, 1.807) is 0 Å². The van der Waals surface area contributed by atoms with Crippen LogP contribution in [0.15, 0.2) is 11.4 Å². The third-order valence-electron chi connectivity index (χ3n) is 2.90. The molecule has 1 N–H and O–H groups in total. The van der Waals surface area contributed by atoms with Gasteiger partial charge in [0.15, 0.2) is 0 Å². The van der Waals surface area contributed by atoms with Crippen molar-refractivity contribution in [1.29, 1.82) is 0 Å². The second kappa shape index (κ2) is 4.01. The van der Waals surface area contributed by atoms with E-state index >= 15 is 0 Å². The van der Waals surface area contributed by atoms with Gasteiger partial charge in [-0.25, -0.2) is 0 Å². The third kappa shape index (κ3) is 1.85. The van der Waals surface area contributed by atoms with Crippen LogP contribution in [0.1, 0.15) is 30.3 Å². The molecular weight excluding hydrogens is 194 g/mol. The van der Waals surface area contributed by atoms with Gasteiger partial charge in [0, 0.05) is 24.0 Å². The average Bonchev–Trinajstić information content (AvgIpc) is 2.57. The summed E-state index contributed by atoms with van der Waals surface area (Å²) in [6, 6.07) is 2.69. The highest BCUT2D eigenvalue weighted by Gasteiger charge is 2.24. The van der Waals surface area contributed by atoms with Gasteiger partial charge < -0.3 is 5.11 Å². The average molecular weight is 211 g/mol. The summed E-state index contributed by atoms with van der Waals surface area (Å²) in [6.45, 7) is 5.96. The van der Waals surface area contributed by atoms with E-state index in [-0.39, 0.29) is 6.10 Å². The highest BCUT2D eigenvalue weighted by molar-refractivity contribution is 7.10. The standard InChI is InChI=1S/C11H17NOS/c1-8(13)7-12-5-3-11-10(9(12)2)4-6-14-11/h4,6,8-9,13H,3,5,7H2,1-2H3/t8-,9?/m1/s1. The number of thiophene rings is 1. The Morgan fingerprint density at radius 1 is 1.71 bits per heavy atom. The summed E-state index contributed by atoms with van der Waals surface area (Å²) in [7, 11) is 0. The van der Waals surface area contributed by atoms with E-state index in [1.807, 2.05) is 18.3 Å². The number of aliphatic hydroxyl groups is 1. The van der Waals surface area contributed by atoms with Crippen LogP contribution < -0.4 is 0 Å². The molecule has 0 radical (unpaired) electrons. The van der Waals surface area contributed by atoms with Crippen molar-refractivity contribution in [2.75, 3.05) is 13.1 Å². The van der Waals surface area contributed by atoms with Crippen molar-refractivity contribution in [3.8, 4) is 0 Å². The fourth-order valence-corrected chi connectivity index (χ4v) is 3.11. The van der Waals surface area contributed by atoms with Gasteiger partial charge in [0.25, 0.3) is 0 Å². The lowest BCUT2D eigenvalue weighted by Gasteiger charge is -2.34. The van der Waals surface area contributed by atoms with Crippen LogP contribution in [0, 0.1) is 0 Å². The van der Waals surface area contributed by atoms with Crippen LogP contribution >= 0.6 is 11.3 Å². The normalized spacial score (nSPS) is 24.6. The highest BCUT2D eigenvalue weighted by atomic mass is 32.1. The van der Waals surface area contributed by atoms with Crippen LogP contribution in [-0.4, -0.2) is 29.2 Å². The van der Waals surface area contributed by atoms with Gasteiger partial charge in [0.05, 0.1) is 6.10 Å². The smallest absolute Gasteiger partial charge is 0.0639 e. The molecule has 0 saturated carbocycles. The Balaban J connectivity index is 2.13. The van der Waals surface area contributed by atoms with Crippen molar-refractivity contribution in [3.05, 3.63) is 21.9 Å². The Morgan fingerprint density at radius 2 is 2.50 bits per heavy atom. The number of β-amino-alcohol motifs (C(OH)–C–C–N with tert-alkyl or cyclic N) is 1. The number of fused-ring (bicyclic) bond motifs is 1. The molecule has 0 spiro atoms. The summed E-state index contributed by atoms with van der Waals surface area (Å²) in [5.41, 5.74) is 1.46. The summed E-state index contributed by atoms with van der Waals surface area (Å²) in [4.78, 5) is 3.89. The van der Waals surface area contributed by atoms with Gasteiger partial charge in [-0.05, 0) is 37.3 Å². The molecule has 0 saturated heterocycles. The van der Waals surface area contributed by atoms with Crippen molar-refractivity contribution in [2.24, 2.45) is 0 Å². The molecule has 1 aromatic rings. The molecule has 1 aliphatic rings. The zero-order chi connectivity index (χ0) is 10.1. The van der Waals surface area contributed by atoms with Crippen molar-refractivity contribution >= 4 is 11.3 Å². The minimum absolute atomic E-state index is 0.224. The minimum atomic E-state index is -0.224. The van der Waals surface area contributed by atoms with E-state index in [0.29, 0.717) is 6.04 Å². The lowest BCUT2D eigenvalue weighted by molar-refractivity contribution is 0.0986. The maximum atomic E-state index is 9.38. The fraction of sp³-hybridized carbons (Fsp3) is 0.636. The second-order valence-electron chi connectivity index (χ2n) is 4.07. The summed E-state index contributed by atoms with van der Waals surface area (Å²) < 4.78 is 0. The lowest BCUT2D eigenvalue weighted by atomic mass is 10.0. The van der Waals surface area contributed by atoms with Crippen molar-refractivity contribution in [3.63, 3.8) is 0 Å². The van der Waals surface area contributed by atoms with E-state index in [1.165, 1.54) is 10.4 Å². The van der Waals surface area contributed by atoms with E-state index in [0.717, 1.165) is 19.5 Å². The molecule has 78 valence electrons. The molecule has 2 heterocycles. The molecule has 2 rings (SSSR count). The lowest BCUT2D eigenvalue weighted by Crippen LogP contribution is -2.37. The van der Waals surface area contributed by atoms with E-state index in [4.69, 9.17) is 0 Å². The zero-order valence-corrected chi connectivity index (χ0v) is 9.55. The second-order valence-corrected chi connectivity index (χ2v) is 5.07. The van der Waals surface area contributed by atoms with E-state index in [2.05, 4.69) is 23.3 Å². The van der Waals surface area contributed by atoms with Gasteiger partial charge >= 0.3 is 0 Å². The van der Waals surface area contributed by atoms with Crippen LogP contribution in [0.2, 0.25) is 0 Å². The summed E-state index contributed by atoms with van der Waals surface area (Å²) in [6.07, 6.45) is 0.919.